The zero-order valence-electron chi connectivity index (χ0n) is 38.0. The van der Waals surface area contributed by atoms with Crippen LogP contribution in [0.4, 0.5) is 5.69 Å². The maximum Gasteiger partial charge on any atom is 0.220 e. The van der Waals surface area contributed by atoms with Crippen LogP contribution in [-0.4, -0.2) is 190 Å². The first-order valence-electron chi connectivity index (χ1n) is 23.3. The Labute approximate surface area is 402 Å². The van der Waals surface area contributed by atoms with Crippen LogP contribution in [-0.2, 0) is 39.8 Å². The summed E-state index contributed by atoms with van der Waals surface area (Å²) in [4.78, 5) is 16.5. The third-order valence-corrected chi connectivity index (χ3v) is 14.8. The summed E-state index contributed by atoms with van der Waals surface area (Å²) in [6, 6.07) is 14.1. The molecule has 4 aliphatic heterocycles. The summed E-state index contributed by atoms with van der Waals surface area (Å²) in [5.41, 5.74) is 28.3. The van der Waals surface area contributed by atoms with Crippen LogP contribution in [0.3, 0.4) is 0 Å². The number of aliphatic hydroxyl groups excluding tert-OH is 8. The number of pyridine rings is 1. The van der Waals surface area contributed by atoms with E-state index in [1.54, 1.807) is 11.8 Å². The van der Waals surface area contributed by atoms with Crippen molar-refractivity contribution >= 4 is 40.3 Å². The van der Waals surface area contributed by atoms with Crippen molar-refractivity contribution in [3.05, 3.63) is 71.4 Å². The molecule has 19 atom stereocenters. The number of carbonyl (C=O) groups excluding carboxylic acids is 1. The summed E-state index contributed by atoms with van der Waals surface area (Å²) >= 11 is 1.74. The van der Waals surface area contributed by atoms with Gasteiger partial charge in [0.15, 0.2) is 25.1 Å². The van der Waals surface area contributed by atoms with Gasteiger partial charge in [0.1, 0.15) is 73.7 Å². The molecule has 1 aliphatic carbocycles. The Morgan fingerprint density at radius 3 is 2.07 bits per heavy atom. The number of carbonyl (C=O) groups is 1. The number of nitrogens with two attached hydrogens (primary N) is 4. The number of anilines is 1. The molecule has 0 bridgehead atoms. The molecule has 5 heterocycles. The Morgan fingerprint density at radius 2 is 1.36 bits per heavy atom. The number of fused-ring (bicyclic) bond motifs is 2. The van der Waals surface area contributed by atoms with Gasteiger partial charge < -0.3 is 102 Å². The van der Waals surface area contributed by atoms with Gasteiger partial charge in [-0.1, -0.05) is 36.0 Å². The molecule has 0 radical (unpaired) electrons. The van der Waals surface area contributed by atoms with Crippen LogP contribution in [0.5, 0.6) is 0 Å². The van der Waals surface area contributed by atoms with Crippen molar-refractivity contribution in [1.29, 1.82) is 0 Å². The Bertz CT molecular complexity index is 2250. The fourth-order valence-corrected chi connectivity index (χ4v) is 10.7. The number of hydrogen-bond acceptors (Lipinski definition) is 21. The first-order valence-corrected chi connectivity index (χ1v) is 24.1. The lowest BCUT2D eigenvalue weighted by Gasteiger charge is -2.47. The zero-order chi connectivity index (χ0) is 49.3. The number of thioether (sulfide) groups is 1. The van der Waals surface area contributed by atoms with Crippen LogP contribution in [0.15, 0.2) is 70.7 Å². The number of nitrogens with one attached hydrogen (secondary N) is 1. The van der Waals surface area contributed by atoms with Gasteiger partial charge in [-0.3, -0.25) is 4.79 Å². The fourth-order valence-electron chi connectivity index (χ4n) is 9.55. The number of nitrogens with zero attached hydrogens (tertiary/aromatic N) is 2. The fraction of sp³-hybridized carbons (Fsp3) is 0.609. The van der Waals surface area contributed by atoms with Gasteiger partial charge in [0, 0.05) is 55.5 Å². The van der Waals surface area contributed by atoms with Crippen molar-refractivity contribution in [3.63, 3.8) is 0 Å². The molecule has 8 rings (SSSR count). The molecule has 3 aromatic rings. The number of amides is 1. The summed E-state index contributed by atoms with van der Waals surface area (Å²) in [6.07, 6.45) is -16.0. The first kappa shape index (κ1) is 51.8. The van der Waals surface area contributed by atoms with Gasteiger partial charge in [0.25, 0.3) is 0 Å². The third-order valence-electron chi connectivity index (χ3n) is 13.6. The number of hydrogen-bond donors (Lipinski definition) is 13. The van der Waals surface area contributed by atoms with E-state index in [-0.39, 0.29) is 25.3 Å². The second-order valence-electron chi connectivity index (χ2n) is 18.3. The minimum Gasteiger partial charge on any atom is -0.394 e. The summed E-state index contributed by atoms with van der Waals surface area (Å²) in [7, 11) is 2.07. The second kappa shape index (κ2) is 22.5. The lowest BCUT2D eigenvalue weighted by molar-refractivity contribution is -0.671. The largest absolute Gasteiger partial charge is 0.394 e. The predicted octanol–water partition coefficient (Wildman–Crippen LogP) is -3.85. The molecule has 22 nitrogen and oxygen atoms in total. The minimum atomic E-state index is -1.70. The van der Waals surface area contributed by atoms with Gasteiger partial charge in [-0.25, -0.2) is 0 Å². The third kappa shape index (κ3) is 11.0. The lowest BCUT2D eigenvalue weighted by Crippen LogP contribution is -2.68. The van der Waals surface area contributed by atoms with Crippen LogP contribution in [0.2, 0.25) is 0 Å². The van der Waals surface area contributed by atoms with Crippen LogP contribution in [0.1, 0.15) is 31.2 Å². The Morgan fingerprint density at radius 1 is 0.739 bits per heavy atom. The van der Waals surface area contributed by atoms with Crippen LogP contribution < -0.4 is 37.7 Å². The van der Waals surface area contributed by atoms with Crippen LogP contribution in [0, 0.1) is 0 Å². The Hall–Kier alpha value is -3.51. The predicted molar refractivity (Wildman–Crippen MR) is 247 cm³/mol. The molecule has 5 aliphatic rings. The number of unbranched alkanes of at least 4 members (excludes halogenated alkanes) is 1. The summed E-state index contributed by atoms with van der Waals surface area (Å²) < 4.78 is 37.7. The highest BCUT2D eigenvalue weighted by molar-refractivity contribution is 8.03. The van der Waals surface area contributed by atoms with Crippen molar-refractivity contribution in [1.82, 2.24) is 5.32 Å². The highest BCUT2D eigenvalue weighted by atomic mass is 32.2. The van der Waals surface area contributed by atoms with Crippen molar-refractivity contribution in [2.45, 2.75) is 153 Å². The molecule has 0 spiro atoms. The van der Waals surface area contributed by atoms with E-state index in [1.807, 2.05) is 24.3 Å². The molecule has 3 saturated heterocycles. The second-order valence-corrected chi connectivity index (χ2v) is 19.4. The molecule has 2 aromatic carbocycles. The summed E-state index contributed by atoms with van der Waals surface area (Å²) in [5.74, 6) is -0.311. The van der Waals surface area contributed by atoms with Gasteiger partial charge in [0.2, 0.25) is 11.4 Å². The number of aryl methyl sites for hydroxylation is 1. The molecule has 69 heavy (non-hydrogen) atoms. The maximum atomic E-state index is 13.1. The highest BCUT2D eigenvalue weighted by Crippen LogP contribution is 2.45. The Balaban J connectivity index is 0.842. The van der Waals surface area contributed by atoms with Crippen molar-refractivity contribution in [3.8, 4) is 0 Å². The summed E-state index contributed by atoms with van der Waals surface area (Å²) in [5, 5.41) is 90.3. The number of para-hydroxylation sites is 2. The van der Waals surface area contributed by atoms with Crippen molar-refractivity contribution < 1.29 is 78.6 Å². The van der Waals surface area contributed by atoms with E-state index in [9.17, 15) is 45.6 Å². The number of aromatic nitrogens is 1. The molecule has 17 N–H and O–H groups in total. The van der Waals surface area contributed by atoms with Gasteiger partial charge in [-0.05, 0) is 42.7 Å². The number of aliphatic hydroxyl groups is 8. The molecule has 380 valence electrons. The molecule has 4 fully saturated rings. The molecule has 23 heteroatoms. The molecule has 0 unspecified atom stereocenters. The Kier molecular flexibility index (Phi) is 16.9. The van der Waals surface area contributed by atoms with Crippen LogP contribution in [0.25, 0.3) is 17.0 Å². The van der Waals surface area contributed by atoms with Gasteiger partial charge in [-0.2, -0.15) is 4.57 Å². The number of benzene rings is 2. The highest BCUT2D eigenvalue weighted by Gasteiger charge is 2.54. The van der Waals surface area contributed by atoms with Gasteiger partial charge in [0.05, 0.1) is 47.5 Å². The van der Waals surface area contributed by atoms with Crippen molar-refractivity contribution in [2.75, 3.05) is 31.7 Å². The van der Waals surface area contributed by atoms with E-state index in [0.29, 0.717) is 19.4 Å². The molecule has 1 amide bonds. The van der Waals surface area contributed by atoms with E-state index < -0.39 is 129 Å². The normalized spacial score (nSPS) is 38.7. The minimum absolute atomic E-state index is 0.0354. The van der Waals surface area contributed by atoms with Gasteiger partial charge >= 0.3 is 0 Å². The standard InChI is InChI=1S/C46H65N7O15S/c1-52-26-10-4-5-11-30(26)69-32(52)16-21-13-15-53(25-9-3-2-8-22(21)25)14-7-6-12-31(56)51-18-27-36(58)38(60)33(49)44(63-27)67-42-29(20-55)65-46(40(42)62)68-43-35(57)23(47)17-24(48)41(43)66-45-34(50)39(61)37(59)28(19-54)64-45/h2-5,8-11,13,15-16,23-24,27-29,33-46,54-55,57-62H,6-7,12,14,17-20,47-50H2,1H3/p+1/t23-,24+,27+,28-,29-,33-,34-,35+,36-,37-,38-,39-,40-,41-,42-,43-,44-,45-,46+/m1/s1. The van der Waals surface area contributed by atoms with E-state index in [0.717, 1.165) is 21.5 Å². The maximum absolute atomic E-state index is 13.1. The van der Waals surface area contributed by atoms with Crippen LogP contribution >= 0.6 is 11.8 Å². The average molecular weight is 989 g/mol. The van der Waals surface area contributed by atoms with E-state index >= 15 is 0 Å². The lowest BCUT2D eigenvalue weighted by atomic mass is 9.84. The zero-order valence-corrected chi connectivity index (χ0v) is 38.8. The summed E-state index contributed by atoms with van der Waals surface area (Å²) in [6.45, 7) is -0.941. The molecular weight excluding hydrogens is 923 g/mol. The smallest absolute Gasteiger partial charge is 0.220 e. The number of ether oxygens (including phenoxy) is 6. The van der Waals surface area contributed by atoms with Gasteiger partial charge in [-0.15, -0.1) is 0 Å². The number of rotatable bonds is 16. The average Bonchev–Trinajstić information content (AvgIpc) is 3.83. The quantitative estimate of drug-likeness (QED) is 0.0483. The monoisotopic (exact) mass is 988 g/mol. The molecule has 1 aromatic heterocycles. The van der Waals surface area contributed by atoms with E-state index in [4.69, 9.17) is 51.4 Å². The first-order chi connectivity index (χ1) is 33.1. The SMILES string of the molecule is CN1/C(=C/c2cc[n+](CCCCC(=O)NC[C@@H]3O[C@H](O[C@H]4[C@@H](O)[C@H](O[C@@H]5[C@@H](O)[C@H](N)C[C@H](N)[C@H]5O[C@H]5O[C@H](CO)[C@@H](O)[C@H](O)[C@H]5N)O[C@@H]4CO)[C@H](N)[C@@H](O)[C@@H]3O)c3ccccc23)Sc2ccccc21. The molecular formula is C46H66N7O15S+. The van der Waals surface area contributed by atoms with E-state index in [1.165, 1.54) is 10.6 Å². The molecule has 1 saturated carbocycles. The van der Waals surface area contributed by atoms with Crippen molar-refractivity contribution in [2.24, 2.45) is 22.9 Å². The topological polar surface area (TPSA) is 358 Å². The van der Waals surface area contributed by atoms with E-state index in [2.05, 4.69) is 64.4 Å².